The first-order valence-electron chi connectivity index (χ1n) is 4.54. The quantitative estimate of drug-likeness (QED) is 0.821. The lowest BCUT2D eigenvalue weighted by atomic mass is 10.2. The monoisotopic (exact) mass is 229 g/mol. The van der Waals surface area contributed by atoms with Crippen molar-refractivity contribution in [2.45, 2.75) is 12.4 Å². The largest absolute Gasteiger partial charge is 0.392 e. The van der Waals surface area contributed by atoms with Crippen molar-refractivity contribution in [3.8, 4) is 0 Å². The summed E-state index contributed by atoms with van der Waals surface area (Å²) in [4.78, 5) is 0. The lowest BCUT2D eigenvalue weighted by Gasteiger charge is -2.11. The van der Waals surface area contributed by atoms with Gasteiger partial charge in [-0.3, -0.25) is 0 Å². The third-order valence-electron chi connectivity index (χ3n) is 2.11. The topological polar surface area (TPSA) is 57.6 Å². The molecule has 0 radical (unpaired) electrons. The summed E-state index contributed by atoms with van der Waals surface area (Å²) in [7, 11) is -0.177. The Labute approximate surface area is 90.2 Å². The molecule has 0 aliphatic rings. The summed E-state index contributed by atoms with van der Waals surface area (Å²) in [5.74, 6) is -0.00823. The predicted octanol–water partition coefficient (Wildman–Crippen LogP) is 0.570. The first-order chi connectivity index (χ1) is 6.95. The van der Waals surface area contributed by atoms with Gasteiger partial charge in [0.2, 0.25) is 10.0 Å². The van der Waals surface area contributed by atoms with Crippen LogP contribution in [-0.4, -0.2) is 31.9 Å². The molecule has 0 aliphatic heterocycles. The summed E-state index contributed by atoms with van der Waals surface area (Å²) in [5.41, 5.74) is 1.50. The average molecular weight is 229 g/mol. The van der Waals surface area contributed by atoms with Crippen LogP contribution in [0, 0.1) is 0 Å². The Kier molecular flexibility index (Phi) is 3.84. The normalized spacial score (nSPS) is 12.0. The molecule has 0 unspecified atom stereocenters. The van der Waals surface area contributed by atoms with E-state index < -0.39 is 10.0 Å². The van der Waals surface area contributed by atoms with Crippen molar-refractivity contribution in [3.63, 3.8) is 0 Å². The van der Waals surface area contributed by atoms with Crippen molar-refractivity contribution in [3.05, 3.63) is 35.4 Å². The van der Waals surface area contributed by atoms with Crippen molar-refractivity contribution >= 4 is 10.0 Å². The molecular weight excluding hydrogens is 214 g/mol. The minimum Gasteiger partial charge on any atom is -0.392 e. The zero-order valence-corrected chi connectivity index (χ0v) is 9.66. The van der Waals surface area contributed by atoms with Gasteiger partial charge in [0, 0.05) is 14.1 Å². The van der Waals surface area contributed by atoms with E-state index in [1.165, 1.54) is 18.4 Å². The van der Waals surface area contributed by atoms with Gasteiger partial charge in [-0.25, -0.2) is 12.7 Å². The highest BCUT2D eigenvalue weighted by Crippen LogP contribution is 2.09. The maximum Gasteiger partial charge on any atom is 0.217 e. The van der Waals surface area contributed by atoms with Crippen LogP contribution in [0.1, 0.15) is 11.1 Å². The molecule has 0 spiro atoms. The van der Waals surface area contributed by atoms with Crippen LogP contribution < -0.4 is 0 Å². The third kappa shape index (κ3) is 3.30. The van der Waals surface area contributed by atoms with E-state index in [2.05, 4.69) is 0 Å². The Morgan fingerprint density at radius 1 is 1.13 bits per heavy atom. The molecule has 0 fully saturated rings. The Bertz CT molecular complexity index is 409. The van der Waals surface area contributed by atoms with Crippen molar-refractivity contribution in [1.82, 2.24) is 4.31 Å². The highest BCUT2D eigenvalue weighted by atomic mass is 32.2. The number of aliphatic hydroxyl groups is 1. The first kappa shape index (κ1) is 12.2. The van der Waals surface area contributed by atoms with Crippen LogP contribution in [0.3, 0.4) is 0 Å². The maximum absolute atomic E-state index is 11.5. The third-order valence-corrected chi connectivity index (χ3v) is 3.92. The fourth-order valence-electron chi connectivity index (χ4n) is 1.08. The smallest absolute Gasteiger partial charge is 0.217 e. The lowest BCUT2D eigenvalue weighted by molar-refractivity contribution is 0.282. The van der Waals surface area contributed by atoms with E-state index in [0.717, 1.165) is 11.1 Å². The van der Waals surface area contributed by atoms with Gasteiger partial charge < -0.3 is 5.11 Å². The Morgan fingerprint density at radius 3 is 2.00 bits per heavy atom. The predicted molar refractivity (Wildman–Crippen MR) is 58.7 cm³/mol. The summed E-state index contributed by atoms with van der Waals surface area (Å²) in [6.45, 7) is -0.0271. The molecule has 5 heteroatoms. The molecule has 15 heavy (non-hydrogen) atoms. The molecule has 0 atom stereocenters. The van der Waals surface area contributed by atoms with Crippen molar-refractivity contribution in [2.24, 2.45) is 0 Å². The molecule has 0 aliphatic carbocycles. The molecule has 84 valence electrons. The van der Waals surface area contributed by atoms with Crippen LogP contribution in [-0.2, 0) is 22.4 Å². The Hall–Kier alpha value is -0.910. The van der Waals surface area contributed by atoms with E-state index in [1.807, 2.05) is 0 Å². The van der Waals surface area contributed by atoms with Gasteiger partial charge in [-0.15, -0.1) is 0 Å². The molecule has 0 heterocycles. The van der Waals surface area contributed by atoms with Gasteiger partial charge in [0.15, 0.2) is 0 Å². The van der Waals surface area contributed by atoms with Crippen molar-refractivity contribution in [1.29, 1.82) is 0 Å². The molecule has 4 nitrogen and oxygen atoms in total. The molecule has 1 aromatic carbocycles. The average Bonchev–Trinajstić information content (AvgIpc) is 2.18. The Balaban J connectivity index is 2.82. The van der Waals surface area contributed by atoms with E-state index in [4.69, 9.17) is 5.11 Å². The molecule has 0 bridgehead atoms. The van der Waals surface area contributed by atoms with Crippen LogP contribution >= 0.6 is 0 Å². The van der Waals surface area contributed by atoms with E-state index in [-0.39, 0.29) is 12.4 Å². The standard InChI is InChI=1S/C10H15NO3S/c1-11(2)15(13,14)8-10-5-3-9(7-12)4-6-10/h3-6,12H,7-8H2,1-2H3. The van der Waals surface area contributed by atoms with Gasteiger partial charge in [0.25, 0.3) is 0 Å². The molecule has 0 saturated heterocycles. The molecule has 1 rings (SSSR count). The van der Waals surface area contributed by atoms with E-state index in [9.17, 15) is 8.42 Å². The van der Waals surface area contributed by atoms with Gasteiger partial charge in [-0.05, 0) is 11.1 Å². The minimum absolute atomic E-state index is 0.00823. The van der Waals surface area contributed by atoms with E-state index in [0.29, 0.717) is 0 Å². The fraction of sp³-hybridized carbons (Fsp3) is 0.400. The number of sulfonamides is 1. The van der Waals surface area contributed by atoms with Crippen LogP contribution in [0.25, 0.3) is 0 Å². The second-order valence-corrected chi connectivity index (χ2v) is 5.70. The first-order valence-corrected chi connectivity index (χ1v) is 6.15. The summed E-state index contributed by atoms with van der Waals surface area (Å²) in [6.07, 6.45) is 0. The van der Waals surface area contributed by atoms with Gasteiger partial charge in [0.05, 0.1) is 12.4 Å². The number of nitrogens with zero attached hydrogens (tertiary/aromatic N) is 1. The number of hydrogen-bond donors (Lipinski definition) is 1. The van der Waals surface area contributed by atoms with E-state index in [1.54, 1.807) is 24.3 Å². The van der Waals surface area contributed by atoms with Crippen molar-refractivity contribution < 1.29 is 13.5 Å². The molecule has 1 N–H and O–H groups in total. The maximum atomic E-state index is 11.5. The fourth-order valence-corrected chi connectivity index (χ4v) is 1.95. The molecule has 0 amide bonds. The minimum atomic E-state index is -3.20. The number of rotatable bonds is 4. The second-order valence-electron chi connectivity index (χ2n) is 3.51. The van der Waals surface area contributed by atoms with Gasteiger partial charge in [0.1, 0.15) is 0 Å². The molecule has 1 aromatic rings. The Morgan fingerprint density at radius 2 is 1.60 bits per heavy atom. The molecule has 0 aromatic heterocycles. The van der Waals surface area contributed by atoms with Crippen LogP contribution in [0.2, 0.25) is 0 Å². The highest BCUT2D eigenvalue weighted by Gasteiger charge is 2.13. The van der Waals surface area contributed by atoms with Gasteiger partial charge in [-0.2, -0.15) is 0 Å². The zero-order valence-electron chi connectivity index (χ0n) is 8.84. The van der Waals surface area contributed by atoms with Crippen LogP contribution in [0.4, 0.5) is 0 Å². The summed E-state index contributed by atoms with van der Waals surface area (Å²) in [6, 6.07) is 6.88. The number of hydrogen-bond acceptors (Lipinski definition) is 3. The summed E-state index contributed by atoms with van der Waals surface area (Å²) in [5, 5.41) is 8.82. The van der Waals surface area contributed by atoms with Gasteiger partial charge in [-0.1, -0.05) is 24.3 Å². The summed E-state index contributed by atoms with van der Waals surface area (Å²) < 4.78 is 24.3. The van der Waals surface area contributed by atoms with Gasteiger partial charge >= 0.3 is 0 Å². The van der Waals surface area contributed by atoms with E-state index >= 15 is 0 Å². The van der Waals surface area contributed by atoms with Crippen LogP contribution in [0.5, 0.6) is 0 Å². The zero-order chi connectivity index (χ0) is 11.5. The van der Waals surface area contributed by atoms with Crippen molar-refractivity contribution in [2.75, 3.05) is 14.1 Å². The summed E-state index contributed by atoms with van der Waals surface area (Å²) >= 11 is 0. The van der Waals surface area contributed by atoms with Crippen LogP contribution in [0.15, 0.2) is 24.3 Å². The molecular formula is C10H15NO3S. The second kappa shape index (κ2) is 4.74. The number of aliphatic hydroxyl groups excluding tert-OH is 1. The lowest BCUT2D eigenvalue weighted by Crippen LogP contribution is -2.23. The highest BCUT2D eigenvalue weighted by molar-refractivity contribution is 7.88. The number of benzene rings is 1. The molecule has 0 saturated carbocycles. The SMILES string of the molecule is CN(C)S(=O)(=O)Cc1ccc(CO)cc1.